The molecule has 0 aliphatic heterocycles. The maximum Gasteiger partial charge on any atom is 0.315 e. The fourth-order valence-electron chi connectivity index (χ4n) is 3.67. The Balaban J connectivity index is 1.86. The lowest BCUT2D eigenvalue weighted by Gasteiger charge is -2.17. The number of rotatable bonds is 5. The first-order valence-corrected chi connectivity index (χ1v) is 9.03. The van der Waals surface area contributed by atoms with E-state index >= 15 is 0 Å². The van der Waals surface area contributed by atoms with E-state index in [1.807, 2.05) is 26.8 Å². The van der Waals surface area contributed by atoms with Crippen LogP contribution in [0.3, 0.4) is 0 Å². The number of urea groups is 1. The van der Waals surface area contributed by atoms with Crippen LogP contribution in [-0.2, 0) is 0 Å². The van der Waals surface area contributed by atoms with Crippen LogP contribution in [-0.4, -0.2) is 33.6 Å². The van der Waals surface area contributed by atoms with Crippen LogP contribution in [0.25, 0.3) is 5.69 Å². The van der Waals surface area contributed by atoms with Crippen molar-refractivity contribution in [3.63, 3.8) is 0 Å². The van der Waals surface area contributed by atoms with E-state index in [1.54, 1.807) is 28.9 Å². The van der Waals surface area contributed by atoms with Crippen molar-refractivity contribution in [2.75, 3.05) is 6.54 Å². The summed E-state index contributed by atoms with van der Waals surface area (Å²) in [5.74, 6) is 0.127. The highest BCUT2D eigenvalue weighted by atomic mass is 16.8. The summed E-state index contributed by atoms with van der Waals surface area (Å²) in [5, 5.41) is 30.3. The molecule has 1 aliphatic carbocycles. The van der Waals surface area contributed by atoms with Crippen LogP contribution in [0.2, 0.25) is 0 Å². The molecule has 1 aromatic heterocycles. The molecular weight excluding hydrogens is 346 g/mol. The number of nitrogens with zero attached hydrogens (tertiary/aromatic N) is 2. The Labute approximate surface area is 158 Å². The molecular formula is C19H25N5O3. The van der Waals surface area contributed by atoms with Crippen molar-refractivity contribution in [3.05, 3.63) is 58.6 Å². The molecule has 1 heterocycles. The summed E-state index contributed by atoms with van der Waals surface area (Å²) in [6.07, 6.45) is 4.84. The van der Waals surface area contributed by atoms with E-state index in [-0.39, 0.29) is 23.7 Å². The second kappa shape index (κ2) is 7.91. The molecule has 0 saturated carbocycles. The lowest BCUT2D eigenvalue weighted by atomic mass is 9.96. The maximum absolute atomic E-state index is 11.7. The molecule has 0 bridgehead atoms. The molecule has 2 amide bonds. The number of carbonyl (C=O) groups excluding carboxylic acids is 1. The molecule has 4 N–H and O–H groups in total. The standard InChI is InChI=1S/C19H25N5O3/c1-4-20-19(25)21-15-10-9-14(11-15)18-12(2)22-23(13(18)3)16-7-5-6-8-17(16)24(26)27/h5-10,14-15,24,26H,4,11H2,1-3H3,(H2,20,21,25)/t14-,15+/m1/s1. The van der Waals surface area contributed by atoms with Crippen molar-refractivity contribution in [1.82, 2.24) is 20.4 Å². The number of quaternary nitrogens is 1. The summed E-state index contributed by atoms with van der Waals surface area (Å²) in [4.78, 5) is 11.7. The zero-order chi connectivity index (χ0) is 19.6. The van der Waals surface area contributed by atoms with Crippen LogP contribution in [0.5, 0.6) is 0 Å². The second-order valence-electron chi connectivity index (χ2n) is 6.66. The highest BCUT2D eigenvalue weighted by molar-refractivity contribution is 5.74. The van der Waals surface area contributed by atoms with Gasteiger partial charge in [-0.2, -0.15) is 10.3 Å². The van der Waals surface area contributed by atoms with Crippen molar-refractivity contribution in [1.29, 1.82) is 0 Å². The smallest absolute Gasteiger partial charge is 0.315 e. The number of aryl methyl sites for hydroxylation is 1. The fraction of sp³-hybridized carbons (Fsp3) is 0.368. The minimum Gasteiger partial charge on any atom is -0.595 e. The second-order valence-corrected chi connectivity index (χ2v) is 6.66. The molecule has 144 valence electrons. The molecule has 0 radical (unpaired) electrons. The highest BCUT2D eigenvalue weighted by Crippen LogP contribution is 2.34. The number of allylic oxidation sites excluding steroid dienone is 1. The molecule has 0 saturated heterocycles. The van der Waals surface area contributed by atoms with Gasteiger partial charge in [-0.05, 0) is 33.3 Å². The Morgan fingerprint density at radius 1 is 1.37 bits per heavy atom. The van der Waals surface area contributed by atoms with E-state index in [2.05, 4.69) is 21.8 Å². The molecule has 1 aromatic carbocycles. The predicted octanol–water partition coefficient (Wildman–Crippen LogP) is 1.62. The number of nitrogens with one attached hydrogen (secondary N) is 3. The Hall–Kier alpha value is -2.68. The number of para-hydroxylation sites is 2. The van der Waals surface area contributed by atoms with Gasteiger partial charge in [-0.1, -0.05) is 24.3 Å². The molecule has 2 aromatic rings. The van der Waals surface area contributed by atoms with Crippen molar-refractivity contribution >= 4 is 11.7 Å². The number of hydrogen-bond donors (Lipinski definition) is 4. The van der Waals surface area contributed by atoms with E-state index < -0.39 is 5.23 Å². The zero-order valence-electron chi connectivity index (χ0n) is 15.7. The summed E-state index contributed by atoms with van der Waals surface area (Å²) in [6, 6.07) is 6.64. The first-order chi connectivity index (χ1) is 12.9. The summed E-state index contributed by atoms with van der Waals surface area (Å²) < 4.78 is 1.70. The third-order valence-corrected chi connectivity index (χ3v) is 4.82. The number of aromatic nitrogens is 2. The summed E-state index contributed by atoms with van der Waals surface area (Å²) in [7, 11) is 0. The van der Waals surface area contributed by atoms with E-state index in [9.17, 15) is 15.2 Å². The van der Waals surface area contributed by atoms with Gasteiger partial charge in [0.05, 0.1) is 5.69 Å². The minimum atomic E-state index is -0.980. The Kier molecular flexibility index (Phi) is 5.59. The first kappa shape index (κ1) is 19.1. The van der Waals surface area contributed by atoms with Gasteiger partial charge in [0.1, 0.15) is 5.69 Å². The molecule has 0 fully saturated rings. The Bertz CT molecular complexity index is 859. The summed E-state index contributed by atoms with van der Waals surface area (Å²) in [6.45, 7) is 6.34. The van der Waals surface area contributed by atoms with Gasteiger partial charge < -0.3 is 15.8 Å². The number of carbonyl (C=O) groups is 1. The van der Waals surface area contributed by atoms with Crippen molar-refractivity contribution in [3.8, 4) is 5.69 Å². The van der Waals surface area contributed by atoms with Crippen molar-refractivity contribution < 1.29 is 15.2 Å². The third kappa shape index (κ3) is 3.87. The lowest BCUT2D eigenvalue weighted by molar-refractivity contribution is -0.991. The van der Waals surface area contributed by atoms with Gasteiger partial charge in [0, 0.05) is 35.8 Å². The average Bonchev–Trinajstić information content (AvgIpc) is 3.18. The lowest BCUT2D eigenvalue weighted by Crippen LogP contribution is -2.99. The van der Waals surface area contributed by atoms with Crippen molar-refractivity contribution in [2.45, 2.75) is 39.2 Å². The highest BCUT2D eigenvalue weighted by Gasteiger charge is 2.27. The third-order valence-electron chi connectivity index (χ3n) is 4.82. The average molecular weight is 371 g/mol. The summed E-state index contributed by atoms with van der Waals surface area (Å²) >= 11 is 0. The van der Waals surface area contributed by atoms with Gasteiger partial charge in [-0.15, -0.1) is 0 Å². The molecule has 8 nitrogen and oxygen atoms in total. The van der Waals surface area contributed by atoms with Gasteiger partial charge in [0.2, 0.25) is 0 Å². The Morgan fingerprint density at radius 3 is 2.81 bits per heavy atom. The molecule has 8 heteroatoms. The topological polar surface area (TPSA) is 107 Å². The molecule has 3 rings (SSSR count). The molecule has 27 heavy (non-hydrogen) atoms. The quantitative estimate of drug-likeness (QED) is 0.473. The predicted molar refractivity (Wildman–Crippen MR) is 101 cm³/mol. The number of amides is 2. The number of hydrogen-bond acceptors (Lipinski definition) is 4. The fourth-order valence-corrected chi connectivity index (χ4v) is 3.67. The van der Waals surface area contributed by atoms with E-state index in [0.717, 1.165) is 23.4 Å². The zero-order valence-corrected chi connectivity index (χ0v) is 15.7. The molecule has 1 unspecified atom stereocenters. The molecule has 1 aliphatic rings. The largest absolute Gasteiger partial charge is 0.595 e. The van der Waals surface area contributed by atoms with Gasteiger partial charge in [-0.25, -0.2) is 14.7 Å². The SMILES string of the molecule is CCNC(=O)N[C@H]1C=C[C@@H](c2c(C)nn(-c3ccccc3[NH+]([O-])O)c2C)C1. The van der Waals surface area contributed by atoms with E-state index in [4.69, 9.17) is 0 Å². The van der Waals surface area contributed by atoms with Crippen LogP contribution >= 0.6 is 0 Å². The molecule has 3 atom stereocenters. The van der Waals surface area contributed by atoms with Crippen LogP contribution in [0.15, 0.2) is 36.4 Å². The van der Waals surface area contributed by atoms with Gasteiger partial charge >= 0.3 is 6.03 Å². The molecule has 0 spiro atoms. The Morgan fingerprint density at radius 2 is 2.11 bits per heavy atom. The van der Waals surface area contributed by atoms with Gasteiger partial charge in [-0.3, -0.25) is 0 Å². The number of benzene rings is 1. The van der Waals surface area contributed by atoms with Gasteiger partial charge in [0.25, 0.3) is 0 Å². The maximum atomic E-state index is 11.7. The normalized spacial score (nSPS) is 19.9. The minimum absolute atomic E-state index is 0.0324. The van der Waals surface area contributed by atoms with Crippen LogP contribution < -0.4 is 15.9 Å². The van der Waals surface area contributed by atoms with Crippen LogP contribution in [0, 0.1) is 19.1 Å². The first-order valence-electron chi connectivity index (χ1n) is 9.03. The van der Waals surface area contributed by atoms with Crippen molar-refractivity contribution in [2.24, 2.45) is 0 Å². The van der Waals surface area contributed by atoms with Crippen LogP contribution in [0.1, 0.15) is 36.2 Å². The van der Waals surface area contributed by atoms with E-state index in [0.29, 0.717) is 12.2 Å². The van der Waals surface area contributed by atoms with E-state index in [1.165, 1.54) is 0 Å². The summed E-state index contributed by atoms with van der Waals surface area (Å²) in [5.41, 5.74) is 3.62. The monoisotopic (exact) mass is 371 g/mol. The van der Waals surface area contributed by atoms with Gasteiger partial charge in [0.15, 0.2) is 5.69 Å². The van der Waals surface area contributed by atoms with Crippen LogP contribution in [0.4, 0.5) is 10.5 Å².